The van der Waals surface area contributed by atoms with Crippen molar-refractivity contribution in [3.63, 3.8) is 0 Å². The fourth-order valence-corrected chi connectivity index (χ4v) is 4.66. The highest BCUT2D eigenvalue weighted by atomic mass is 127. The van der Waals surface area contributed by atoms with Gasteiger partial charge in [0.1, 0.15) is 10.6 Å². The summed E-state index contributed by atoms with van der Waals surface area (Å²) in [5.74, 6) is 0.790. The summed E-state index contributed by atoms with van der Waals surface area (Å²) in [5.41, 5.74) is -0.453. The lowest BCUT2D eigenvalue weighted by atomic mass is 9.98. The van der Waals surface area contributed by atoms with Crippen LogP contribution in [0.4, 0.5) is 4.79 Å². The molecule has 3 heterocycles. The number of carbonyl (C=O) groups is 1. The lowest BCUT2D eigenvalue weighted by molar-refractivity contribution is 0.00545. The zero-order chi connectivity index (χ0) is 19.6. The number of aryl methyl sites for hydroxylation is 1. The van der Waals surface area contributed by atoms with Gasteiger partial charge in [0.25, 0.3) is 0 Å². The number of nitrogens with one attached hydrogen (secondary N) is 2. The van der Waals surface area contributed by atoms with Crippen molar-refractivity contribution in [1.29, 1.82) is 0 Å². The highest BCUT2D eigenvalue weighted by Gasteiger charge is 2.45. The maximum atomic E-state index is 12.6. The number of aliphatic imine (C=N–C) groups is 1. The van der Waals surface area contributed by atoms with Gasteiger partial charge >= 0.3 is 6.09 Å². The molecule has 1 aromatic heterocycles. The van der Waals surface area contributed by atoms with Crippen LogP contribution < -0.4 is 10.6 Å². The van der Waals surface area contributed by atoms with E-state index in [1.165, 1.54) is 4.88 Å². The number of amides is 1. The Kier molecular flexibility index (Phi) is 7.95. The summed E-state index contributed by atoms with van der Waals surface area (Å²) in [6.45, 7) is 8.48. The maximum absolute atomic E-state index is 12.6. The summed E-state index contributed by atoms with van der Waals surface area (Å²) in [6, 6.07) is 0.803. The minimum absolute atomic E-state index is 0. The summed E-state index contributed by atoms with van der Waals surface area (Å²) < 4.78 is 5.61. The molecule has 0 aliphatic carbocycles. The minimum atomic E-state index is -0.453. The molecule has 2 N–H and O–H groups in total. The van der Waals surface area contributed by atoms with Crippen molar-refractivity contribution in [2.45, 2.75) is 83.6 Å². The molecule has 2 atom stereocenters. The minimum Gasteiger partial charge on any atom is -0.444 e. The van der Waals surface area contributed by atoms with E-state index in [-0.39, 0.29) is 42.2 Å². The normalized spacial score (nSPS) is 24.5. The predicted molar refractivity (Wildman–Crippen MR) is 124 cm³/mol. The Bertz CT molecular complexity index is 689. The Morgan fingerprint density at radius 1 is 1.36 bits per heavy atom. The number of rotatable bonds is 3. The summed E-state index contributed by atoms with van der Waals surface area (Å²) in [6.07, 6.45) is 5.66. The number of thiazole rings is 1. The molecule has 7 nitrogen and oxygen atoms in total. The molecule has 2 saturated heterocycles. The summed E-state index contributed by atoms with van der Waals surface area (Å²) in [5, 5.41) is 7.92. The molecule has 2 aliphatic rings. The van der Waals surface area contributed by atoms with Crippen LogP contribution in [0.1, 0.15) is 56.3 Å². The van der Waals surface area contributed by atoms with Gasteiger partial charge in [0, 0.05) is 36.2 Å². The van der Waals surface area contributed by atoms with Crippen LogP contribution in [0.15, 0.2) is 11.2 Å². The van der Waals surface area contributed by atoms with Gasteiger partial charge in [0.2, 0.25) is 0 Å². The van der Waals surface area contributed by atoms with Crippen LogP contribution in [-0.2, 0) is 11.3 Å². The number of fused-ring (bicyclic) bond motifs is 2. The van der Waals surface area contributed by atoms with Gasteiger partial charge in [0.05, 0.1) is 6.54 Å². The first-order valence-corrected chi connectivity index (χ1v) is 10.5. The number of carbonyl (C=O) groups excluding carboxylic acids is 1. The molecule has 0 aromatic carbocycles. The Labute approximate surface area is 188 Å². The van der Waals surface area contributed by atoms with E-state index in [4.69, 9.17) is 4.74 Å². The van der Waals surface area contributed by atoms with Crippen LogP contribution in [-0.4, -0.2) is 52.7 Å². The van der Waals surface area contributed by atoms with E-state index >= 15 is 0 Å². The van der Waals surface area contributed by atoms with Crippen molar-refractivity contribution in [3.05, 3.63) is 16.1 Å². The SMILES string of the molecule is CN=C(NCc1ncc(C)s1)NC1CC2CCC(C1)N2C(=O)OC(C)(C)C.I. The standard InChI is InChI=1S/C19H31N5O2S.HI/c1-12-10-21-16(27-12)11-22-17(20-5)23-13-8-14-6-7-15(9-13)24(14)18(25)26-19(2,3)4;/h10,13-15H,6-9,11H2,1-5H3,(H2,20,22,23);1H. The van der Waals surface area contributed by atoms with E-state index in [0.29, 0.717) is 12.6 Å². The topological polar surface area (TPSA) is 78.9 Å². The number of guanidine groups is 1. The monoisotopic (exact) mass is 521 g/mol. The fourth-order valence-electron chi connectivity index (χ4n) is 3.94. The molecule has 158 valence electrons. The van der Waals surface area contributed by atoms with E-state index in [0.717, 1.165) is 36.7 Å². The first-order valence-electron chi connectivity index (χ1n) is 9.65. The Morgan fingerprint density at radius 3 is 2.50 bits per heavy atom. The third kappa shape index (κ3) is 5.95. The highest BCUT2D eigenvalue weighted by molar-refractivity contribution is 14.0. The van der Waals surface area contributed by atoms with Gasteiger partial charge in [-0.1, -0.05) is 0 Å². The fraction of sp³-hybridized carbons (Fsp3) is 0.737. The molecule has 28 heavy (non-hydrogen) atoms. The maximum Gasteiger partial charge on any atom is 0.410 e. The number of piperidine rings is 1. The van der Waals surface area contributed by atoms with Crippen LogP contribution in [0, 0.1) is 6.92 Å². The molecule has 1 amide bonds. The van der Waals surface area contributed by atoms with Gasteiger partial charge in [-0.25, -0.2) is 9.78 Å². The molecule has 3 rings (SSSR count). The third-order valence-corrected chi connectivity index (χ3v) is 5.89. The smallest absolute Gasteiger partial charge is 0.410 e. The lowest BCUT2D eigenvalue weighted by Crippen LogP contribution is -2.54. The van der Waals surface area contributed by atoms with Crippen molar-refractivity contribution in [1.82, 2.24) is 20.5 Å². The van der Waals surface area contributed by atoms with Crippen molar-refractivity contribution < 1.29 is 9.53 Å². The van der Waals surface area contributed by atoms with Crippen molar-refractivity contribution in [3.8, 4) is 0 Å². The predicted octanol–water partition coefficient (Wildman–Crippen LogP) is 3.67. The second kappa shape index (κ2) is 9.60. The largest absolute Gasteiger partial charge is 0.444 e. The van der Waals surface area contributed by atoms with Crippen LogP contribution in [0.2, 0.25) is 0 Å². The molecule has 0 radical (unpaired) electrons. The number of hydrogen-bond donors (Lipinski definition) is 2. The van der Waals surface area contributed by atoms with Gasteiger partial charge < -0.3 is 20.3 Å². The summed E-state index contributed by atoms with van der Waals surface area (Å²) in [7, 11) is 1.78. The average Bonchev–Trinajstić information content (AvgIpc) is 3.11. The van der Waals surface area contributed by atoms with Crippen LogP contribution in [0.3, 0.4) is 0 Å². The van der Waals surface area contributed by atoms with Crippen molar-refractivity contribution in [2.24, 2.45) is 4.99 Å². The summed E-state index contributed by atoms with van der Waals surface area (Å²) >= 11 is 1.69. The Balaban J connectivity index is 0.00000280. The zero-order valence-corrected chi connectivity index (χ0v) is 20.5. The molecule has 0 saturated carbocycles. The molecule has 2 aliphatic heterocycles. The second-order valence-corrected chi connectivity index (χ2v) is 9.70. The number of hydrogen-bond acceptors (Lipinski definition) is 5. The average molecular weight is 521 g/mol. The molecule has 1 aromatic rings. The number of aromatic nitrogens is 1. The number of nitrogens with zero attached hydrogens (tertiary/aromatic N) is 3. The zero-order valence-electron chi connectivity index (χ0n) is 17.3. The van der Waals surface area contributed by atoms with Crippen molar-refractivity contribution >= 4 is 47.4 Å². The van der Waals surface area contributed by atoms with Gasteiger partial charge in [-0.05, 0) is 53.4 Å². The molecule has 0 spiro atoms. The number of halogens is 1. The number of ether oxygens (including phenoxy) is 1. The molecule has 9 heteroatoms. The lowest BCUT2D eigenvalue weighted by Gasteiger charge is -2.40. The van der Waals surface area contributed by atoms with Gasteiger partial charge in [0.15, 0.2) is 5.96 Å². The van der Waals surface area contributed by atoms with Crippen LogP contribution in [0.25, 0.3) is 0 Å². The molecular weight excluding hydrogens is 489 g/mol. The van der Waals surface area contributed by atoms with E-state index in [1.54, 1.807) is 18.4 Å². The van der Waals surface area contributed by atoms with E-state index in [9.17, 15) is 4.79 Å². The highest BCUT2D eigenvalue weighted by Crippen LogP contribution is 2.36. The van der Waals surface area contributed by atoms with Gasteiger partial charge in [-0.15, -0.1) is 35.3 Å². The van der Waals surface area contributed by atoms with E-state index in [1.807, 2.05) is 31.9 Å². The molecule has 2 bridgehead atoms. The van der Waals surface area contributed by atoms with Crippen LogP contribution >= 0.6 is 35.3 Å². The summed E-state index contributed by atoms with van der Waals surface area (Å²) in [4.78, 5) is 24.5. The molecule has 2 unspecified atom stereocenters. The van der Waals surface area contributed by atoms with E-state index in [2.05, 4.69) is 27.5 Å². The second-order valence-electron chi connectivity index (χ2n) is 8.38. The van der Waals surface area contributed by atoms with Crippen molar-refractivity contribution in [2.75, 3.05) is 7.05 Å². The Morgan fingerprint density at radius 2 is 2.00 bits per heavy atom. The first-order chi connectivity index (χ1) is 12.7. The molecular formula is C19H32IN5O2S. The third-order valence-electron chi connectivity index (χ3n) is 4.98. The van der Waals surface area contributed by atoms with E-state index < -0.39 is 5.60 Å². The van der Waals surface area contributed by atoms with Gasteiger partial charge in [-0.3, -0.25) is 4.99 Å². The van der Waals surface area contributed by atoms with Gasteiger partial charge in [-0.2, -0.15) is 0 Å². The molecule has 2 fully saturated rings. The quantitative estimate of drug-likeness (QED) is 0.361. The first kappa shape index (κ1) is 23.2. The Hall–Kier alpha value is -1.10. The van der Waals surface area contributed by atoms with Crippen LogP contribution in [0.5, 0.6) is 0 Å².